The van der Waals surface area contributed by atoms with Gasteiger partial charge in [0.1, 0.15) is 0 Å². The SMILES string of the molecule is CC.CC(C)C(O)CCCC1CCC2C3CCC4CC(O)CCC4C3CCC12C. The van der Waals surface area contributed by atoms with Crippen LogP contribution >= 0.6 is 0 Å². The van der Waals surface area contributed by atoms with E-state index in [0.717, 1.165) is 54.8 Å². The Morgan fingerprint density at radius 1 is 0.897 bits per heavy atom. The summed E-state index contributed by atoms with van der Waals surface area (Å²) in [5, 5.41) is 20.3. The average molecular weight is 407 g/mol. The Morgan fingerprint density at radius 3 is 2.34 bits per heavy atom. The molecule has 0 spiro atoms. The summed E-state index contributed by atoms with van der Waals surface area (Å²) in [6.45, 7) is 10.9. The van der Waals surface area contributed by atoms with Gasteiger partial charge < -0.3 is 10.2 Å². The van der Waals surface area contributed by atoms with Crippen molar-refractivity contribution in [3.05, 3.63) is 0 Å². The number of aliphatic hydroxyl groups is 2. The van der Waals surface area contributed by atoms with Crippen LogP contribution in [0.5, 0.6) is 0 Å². The molecule has 2 nitrogen and oxygen atoms in total. The quantitative estimate of drug-likeness (QED) is 0.525. The highest BCUT2D eigenvalue weighted by molar-refractivity contribution is 5.06. The fraction of sp³-hybridized carbons (Fsp3) is 1.00. The van der Waals surface area contributed by atoms with E-state index in [1.54, 1.807) is 0 Å². The topological polar surface area (TPSA) is 40.5 Å². The molecule has 0 saturated heterocycles. The fourth-order valence-corrected chi connectivity index (χ4v) is 8.32. The molecule has 9 unspecified atom stereocenters. The third kappa shape index (κ3) is 4.74. The van der Waals surface area contributed by atoms with Gasteiger partial charge in [-0.05, 0) is 117 Å². The van der Waals surface area contributed by atoms with Crippen molar-refractivity contribution in [3.8, 4) is 0 Å². The monoisotopic (exact) mass is 406 g/mol. The average Bonchev–Trinajstić information content (AvgIpc) is 3.05. The van der Waals surface area contributed by atoms with Gasteiger partial charge in [-0.3, -0.25) is 0 Å². The number of hydrogen-bond acceptors (Lipinski definition) is 2. The van der Waals surface area contributed by atoms with Crippen LogP contribution < -0.4 is 0 Å². The van der Waals surface area contributed by atoms with Crippen molar-refractivity contribution >= 4 is 0 Å². The maximum atomic E-state index is 10.2. The molecule has 4 saturated carbocycles. The first-order chi connectivity index (χ1) is 13.9. The fourth-order valence-electron chi connectivity index (χ4n) is 8.32. The van der Waals surface area contributed by atoms with Gasteiger partial charge in [0.2, 0.25) is 0 Å². The van der Waals surface area contributed by atoms with Gasteiger partial charge in [0.25, 0.3) is 0 Å². The lowest BCUT2D eigenvalue weighted by atomic mass is 9.49. The zero-order valence-electron chi connectivity index (χ0n) is 20.1. The van der Waals surface area contributed by atoms with Crippen molar-refractivity contribution in [3.63, 3.8) is 0 Å². The lowest BCUT2D eigenvalue weighted by Crippen LogP contribution is -2.49. The molecule has 0 bridgehead atoms. The van der Waals surface area contributed by atoms with E-state index in [2.05, 4.69) is 20.8 Å². The number of hydrogen-bond donors (Lipinski definition) is 2. The first kappa shape index (κ1) is 23.6. The van der Waals surface area contributed by atoms with E-state index in [-0.39, 0.29) is 12.2 Å². The van der Waals surface area contributed by atoms with Crippen molar-refractivity contribution in [1.82, 2.24) is 0 Å². The van der Waals surface area contributed by atoms with E-state index in [9.17, 15) is 10.2 Å². The molecule has 0 heterocycles. The minimum absolute atomic E-state index is 0.00583. The minimum Gasteiger partial charge on any atom is -0.393 e. The zero-order chi connectivity index (χ0) is 21.2. The Hall–Kier alpha value is -0.0800. The largest absolute Gasteiger partial charge is 0.393 e. The van der Waals surface area contributed by atoms with Gasteiger partial charge in [-0.2, -0.15) is 0 Å². The summed E-state index contributed by atoms with van der Waals surface area (Å²) < 4.78 is 0. The molecule has 0 amide bonds. The first-order valence-corrected chi connectivity index (χ1v) is 13.3. The number of rotatable bonds is 5. The molecule has 170 valence electrons. The van der Waals surface area contributed by atoms with E-state index < -0.39 is 0 Å². The molecule has 29 heavy (non-hydrogen) atoms. The predicted octanol–water partition coefficient (Wildman–Crippen LogP) is 6.83. The summed E-state index contributed by atoms with van der Waals surface area (Å²) in [7, 11) is 0. The standard InChI is InChI=1S/C25H44O2.C2H6/c1-16(2)24(27)6-4-5-18-8-12-23-22-10-7-17-15-19(26)9-11-20(17)21(22)13-14-25(18,23)3;1-2/h16-24,26-27H,4-15H2,1-3H3;1-2H3. The van der Waals surface area contributed by atoms with Gasteiger partial charge in [-0.1, -0.05) is 41.0 Å². The summed E-state index contributed by atoms with van der Waals surface area (Å²) >= 11 is 0. The summed E-state index contributed by atoms with van der Waals surface area (Å²) in [5.74, 6) is 5.96. The lowest BCUT2D eigenvalue weighted by Gasteiger charge is -2.56. The molecular weight excluding hydrogens is 356 g/mol. The van der Waals surface area contributed by atoms with Crippen LogP contribution in [0.4, 0.5) is 0 Å². The third-order valence-electron chi connectivity index (χ3n) is 9.95. The Kier molecular flexibility index (Phi) is 8.15. The second-order valence-corrected chi connectivity index (χ2v) is 11.5. The van der Waals surface area contributed by atoms with Crippen LogP contribution in [-0.2, 0) is 0 Å². The molecule has 2 heteroatoms. The normalized spacial score (nSPS) is 44.9. The predicted molar refractivity (Wildman–Crippen MR) is 123 cm³/mol. The summed E-state index contributed by atoms with van der Waals surface area (Å²) in [5.41, 5.74) is 0.574. The van der Waals surface area contributed by atoms with Crippen LogP contribution in [0.25, 0.3) is 0 Å². The molecule has 2 N–H and O–H groups in total. The molecule has 0 aromatic rings. The second-order valence-electron chi connectivity index (χ2n) is 11.5. The van der Waals surface area contributed by atoms with Gasteiger partial charge >= 0.3 is 0 Å². The molecular formula is C27H50O2. The molecule has 4 aliphatic carbocycles. The van der Waals surface area contributed by atoms with Gasteiger partial charge in [0.15, 0.2) is 0 Å². The minimum atomic E-state index is -0.109. The second kappa shape index (κ2) is 10.0. The van der Waals surface area contributed by atoms with Crippen LogP contribution in [0.1, 0.15) is 112 Å². The van der Waals surface area contributed by atoms with E-state index in [0.29, 0.717) is 11.3 Å². The number of fused-ring (bicyclic) bond motifs is 5. The molecule has 0 aliphatic heterocycles. The van der Waals surface area contributed by atoms with E-state index in [1.807, 2.05) is 13.8 Å². The summed E-state index contributed by atoms with van der Waals surface area (Å²) in [6.07, 6.45) is 15.5. The Labute approximate surface area is 181 Å². The Balaban J connectivity index is 0.00000117. The van der Waals surface area contributed by atoms with Crippen LogP contribution in [0.3, 0.4) is 0 Å². The van der Waals surface area contributed by atoms with Crippen LogP contribution in [0, 0.1) is 46.8 Å². The molecule has 4 aliphatic rings. The van der Waals surface area contributed by atoms with Crippen LogP contribution in [0.15, 0.2) is 0 Å². The van der Waals surface area contributed by atoms with E-state index in [4.69, 9.17) is 0 Å². The lowest BCUT2D eigenvalue weighted by molar-refractivity contribution is -0.0780. The molecule has 4 rings (SSSR count). The van der Waals surface area contributed by atoms with Crippen molar-refractivity contribution in [2.75, 3.05) is 0 Å². The first-order valence-electron chi connectivity index (χ1n) is 13.3. The van der Waals surface area contributed by atoms with Crippen molar-refractivity contribution in [2.24, 2.45) is 46.8 Å². The van der Waals surface area contributed by atoms with Crippen molar-refractivity contribution in [1.29, 1.82) is 0 Å². The maximum absolute atomic E-state index is 10.2. The highest BCUT2D eigenvalue weighted by Crippen LogP contribution is 2.64. The third-order valence-corrected chi connectivity index (χ3v) is 9.95. The van der Waals surface area contributed by atoms with E-state index in [1.165, 1.54) is 57.8 Å². The highest BCUT2D eigenvalue weighted by atomic mass is 16.3. The smallest absolute Gasteiger partial charge is 0.0563 e. The van der Waals surface area contributed by atoms with Gasteiger partial charge in [-0.15, -0.1) is 0 Å². The molecule has 0 aromatic carbocycles. The van der Waals surface area contributed by atoms with Crippen LogP contribution in [0.2, 0.25) is 0 Å². The van der Waals surface area contributed by atoms with Gasteiger partial charge in [0, 0.05) is 0 Å². The Bertz CT molecular complexity index is 503. The van der Waals surface area contributed by atoms with Gasteiger partial charge in [0.05, 0.1) is 12.2 Å². The molecule has 0 aromatic heterocycles. The highest BCUT2D eigenvalue weighted by Gasteiger charge is 2.56. The van der Waals surface area contributed by atoms with Gasteiger partial charge in [-0.25, -0.2) is 0 Å². The number of aliphatic hydroxyl groups excluding tert-OH is 2. The molecule has 9 atom stereocenters. The zero-order valence-corrected chi connectivity index (χ0v) is 20.1. The van der Waals surface area contributed by atoms with E-state index >= 15 is 0 Å². The maximum Gasteiger partial charge on any atom is 0.0563 e. The van der Waals surface area contributed by atoms with Crippen molar-refractivity contribution < 1.29 is 10.2 Å². The summed E-state index contributed by atoms with van der Waals surface area (Å²) in [6, 6.07) is 0. The van der Waals surface area contributed by atoms with Crippen molar-refractivity contribution in [2.45, 2.75) is 124 Å². The Morgan fingerprint density at radius 2 is 1.62 bits per heavy atom. The molecule has 0 radical (unpaired) electrons. The molecule has 4 fully saturated rings. The van der Waals surface area contributed by atoms with Crippen LogP contribution in [-0.4, -0.2) is 22.4 Å². The summed E-state index contributed by atoms with van der Waals surface area (Å²) in [4.78, 5) is 0.